The van der Waals surface area contributed by atoms with Gasteiger partial charge in [-0.05, 0) is 50.0 Å². The number of nitrogens with zero attached hydrogens (tertiary/aromatic N) is 2. The lowest BCUT2D eigenvalue weighted by molar-refractivity contribution is 0.239. The van der Waals surface area contributed by atoms with Crippen LogP contribution in [0.4, 0.5) is 10.5 Å². The molecule has 5 nitrogen and oxygen atoms in total. The van der Waals surface area contributed by atoms with Gasteiger partial charge in [0.15, 0.2) is 0 Å². The number of carbonyl (C=O) groups is 1. The standard InChI is InChI=1S/C17H24N4O/c1-2-15(13-21-11-3-4-12-21)19-17(22)20-16-7-5-14(6-8-16)9-10-18/h5-8,15H,2-4,9,11-13H2,1H3,(H2,19,20,22)/t15-/m1/s1. The van der Waals surface area contributed by atoms with Crippen molar-refractivity contribution in [2.75, 3.05) is 25.0 Å². The van der Waals surface area contributed by atoms with Crippen LogP contribution in [0, 0.1) is 11.3 Å². The molecule has 0 radical (unpaired) electrons. The van der Waals surface area contributed by atoms with Crippen molar-refractivity contribution in [2.45, 2.75) is 38.6 Å². The molecular weight excluding hydrogens is 276 g/mol. The Labute approximate surface area is 132 Å². The topological polar surface area (TPSA) is 68.2 Å². The maximum atomic E-state index is 12.1. The number of amides is 2. The van der Waals surface area contributed by atoms with Gasteiger partial charge in [-0.1, -0.05) is 19.1 Å². The molecule has 0 aliphatic carbocycles. The van der Waals surface area contributed by atoms with Crippen LogP contribution in [0.25, 0.3) is 0 Å². The van der Waals surface area contributed by atoms with Gasteiger partial charge in [0.25, 0.3) is 0 Å². The number of urea groups is 1. The van der Waals surface area contributed by atoms with Gasteiger partial charge >= 0.3 is 6.03 Å². The lowest BCUT2D eigenvalue weighted by Crippen LogP contribution is -2.44. The molecule has 2 amide bonds. The molecule has 1 atom stereocenters. The zero-order chi connectivity index (χ0) is 15.8. The molecule has 0 aromatic heterocycles. The lowest BCUT2D eigenvalue weighted by Gasteiger charge is -2.23. The molecule has 1 aliphatic heterocycles. The van der Waals surface area contributed by atoms with Crippen LogP contribution < -0.4 is 10.6 Å². The van der Waals surface area contributed by atoms with Gasteiger partial charge < -0.3 is 15.5 Å². The van der Waals surface area contributed by atoms with Gasteiger partial charge in [0.2, 0.25) is 0 Å². The summed E-state index contributed by atoms with van der Waals surface area (Å²) in [5.41, 5.74) is 1.70. The van der Waals surface area contributed by atoms with E-state index >= 15 is 0 Å². The van der Waals surface area contributed by atoms with Crippen LogP contribution in [0.5, 0.6) is 0 Å². The van der Waals surface area contributed by atoms with Gasteiger partial charge in [0, 0.05) is 18.3 Å². The molecule has 0 bridgehead atoms. The zero-order valence-electron chi connectivity index (χ0n) is 13.1. The molecule has 1 aromatic carbocycles. The molecule has 2 N–H and O–H groups in total. The van der Waals surface area contributed by atoms with Crippen LogP contribution in [0.3, 0.4) is 0 Å². The summed E-state index contributed by atoms with van der Waals surface area (Å²) < 4.78 is 0. The first-order valence-corrected chi connectivity index (χ1v) is 7.97. The highest BCUT2D eigenvalue weighted by molar-refractivity contribution is 5.89. The second kappa shape index (κ2) is 8.40. The van der Waals surface area contributed by atoms with E-state index in [9.17, 15) is 4.79 Å². The number of likely N-dealkylation sites (tertiary alicyclic amines) is 1. The maximum absolute atomic E-state index is 12.1. The van der Waals surface area contributed by atoms with Crippen LogP contribution in [0.2, 0.25) is 0 Å². The molecule has 0 unspecified atom stereocenters. The molecule has 1 aliphatic rings. The molecule has 2 rings (SSSR count). The number of anilines is 1. The predicted octanol–water partition coefficient (Wildman–Crippen LogP) is 2.75. The Balaban J connectivity index is 1.81. The largest absolute Gasteiger partial charge is 0.334 e. The molecule has 5 heteroatoms. The molecule has 1 heterocycles. The molecular formula is C17H24N4O. The maximum Gasteiger partial charge on any atom is 0.319 e. The summed E-state index contributed by atoms with van der Waals surface area (Å²) in [4.78, 5) is 14.5. The van der Waals surface area contributed by atoms with E-state index in [0.717, 1.165) is 37.3 Å². The molecule has 0 saturated carbocycles. The van der Waals surface area contributed by atoms with E-state index in [4.69, 9.17) is 5.26 Å². The van der Waals surface area contributed by atoms with Crippen LogP contribution in [0.15, 0.2) is 24.3 Å². The summed E-state index contributed by atoms with van der Waals surface area (Å²) in [7, 11) is 0. The Morgan fingerprint density at radius 3 is 2.59 bits per heavy atom. The van der Waals surface area contributed by atoms with Crippen LogP contribution in [-0.2, 0) is 6.42 Å². The number of hydrogen-bond acceptors (Lipinski definition) is 3. The monoisotopic (exact) mass is 300 g/mol. The third-order valence-electron chi connectivity index (χ3n) is 4.00. The third-order valence-corrected chi connectivity index (χ3v) is 4.00. The van der Waals surface area contributed by atoms with Gasteiger partial charge in [-0.3, -0.25) is 0 Å². The highest BCUT2D eigenvalue weighted by atomic mass is 16.2. The molecule has 1 saturated heterocycles. The summed E-state index contributed by atoms with van der Waals surface area (Å²) in [5.74, 6) is 0. The van der Waals surface area contributed by atoms with E-state index in [1.54, 1.807) is 0 Å². The first-order chi connectivity index (χ1) is 10.7. The minimum absolute atomic E-state index is 0.168. The van der Waals surface area contributed by atoms with Gasteiger partial charge in [-0.2, -0.15) is 5.26 Å². The fraction of sp³-hybridized carbons (Fsp3) is 0.529. The van der Waals surface area contributed by atoms with E-state index < -0.39 is 0 Å². The fourth-order valence-corrected chi connectivity index (χ4v) is 2.70. The van der Waals surface area contributed by atoms with Crippen LogP contribution >= 0.6 is 0 Å². The van der Waals surface area contributed by atoms with Crippen molar-refractivity contribution in [3.8, 4) is 6.07 Å². The lowest BCUT2D eigenvalue weighted by atomic mass is 10.1. The SMILES string of the molecule is CC[C@H](CN1CCCC1)NC(=O)Nc1ccc(CC#N)cc1. The van der Waals surface area contributed by atoms with Crippen molar-refractivity contribution in [2.24, 2.45) is 0 Å². The minimum Gasteiger partial charge on any atom is -0.334 e. The molecule has 22 heavy (non-hydrogen) atoms. The van der Waals surface area contributed by atoms with Crippen molar-refractivity contribution in [1.29, 1.82) is 5.26 Å². The molecule has 118 valence electrons. The molecule has 1 aromatic rings. The van der Waals surface area contributed by atoms with E-state index in [2.05, 4.69) is 28.5 Å². The first-order valence-electron chi connectivity index (χ1n) is 7.97. The second-order valence-corrected chi connectivity index (χ2v) is 5.74. The highest BCUT2D eigenvalue weighted by Gasteiger charge is 2.17. The van der Waals surface area contributed by atoms with Crippen molar-refractivity contribution in [3.63, 3.8) is 0 Å². The van der Waals surface area contributed by atoms with E-state index in [0.29, 0.717) is 6.42 Å². The molecule has 0 spiro atoms. The highest BCUT2D eigenvalue weighted by Crippen LogP contribution is 2.11. The predicted molar refractivity (Wildman–Crippen MR) is 87.7 cm³/mol. The van der Waals surface area contributed by atoms with E-state index in [1.165, 1.54) is 12.8 Å². The zero-order valence-corrected chi connectivity index (χ0v) is 13.1. The van der Waals surface area contributed by atoms with Crippen molar-refractivity contribution >= 4 is 11.7 Å². The first kappa shape index (κ1) is 16.3. The number of nitriles is 1. The Morgan fingerprint density at radius 2 is 2.00 bits per heavy atom. The number of rotatable bonds is 6. The quantitative estimate of drug-likeness (QED) is 0.849. The average Bonchev–Trinajstić information content (AvgIpc) is 3.02. The van der Waals surface area contributed by atoms with Crippen molar-refractivity contribution < 1.29 is 4.79 Å². The average molecular weight is 300 g/mol. The van der Waals surface area contributed by atoms with Crippen molar-refractivity contribution in [3.05, 3.63) is 29.8 Å². The Bertz CT molecular complexity index is 514. The van der Waals surface area contributed by atoms with Gasteiger partial charge in [0.1, 0.15) is 0 Å². The number of nitrogens with one attached hydrogen (secondary N) is 2. The smallest absolute Gasteiger partial charge is 0.319 e. The summed E-state index contributed by atoms with van der Waals surface area (Å²) in [6, 6.07) is 9.49. The van der Waals surface area contributed by atoms with Crippen LogP contribution in [0.1, 0.15) is 31.7 Å². The summed E-state index contributed by atoms with van der Waals surface area (Å²) in [6.45, 7) is 5.29. The van der Waals surface area contributed by atoms with Crippen molar-refractivity contribution in [1.82, 2.24) is 10.2 Å². The van der Waals surface area contributed by atoms with Gasteiger partial charge in [-0.15, -0.1) is 0 Å². The number of hydrogen-bond donors (Lipinski definition) is 2. The minimum atomic E-state index is -0.168. The van der Waals surface area contributed by atoms with Gasteiger partial charge in [0.05, 0.1) is 12.5 Å². The normalized spacial score (nSPS) is 16.0. The van der Waals surface area contributed by atoms with E-state index in [-0.39, 0.29) is 12.1 Å². The van der Waals surface area contributed by atoms with Gasteiger partial charge in [-0.25, -0.2) is 4.79 Å². The Hall–Kier alpha value is -2.06. The fourth-order valence-electron chi connectivity index (χ4n) is 2.70. The Morgan fingerprint density at radius 1 is 1.32 bits per heavy atom. The summed E-state index contributed by atoms with van der Waals surface area (Å²) >= 11 is 0. The summed E-state index contributed by atoms with van der Waals surface area (Å²) in [5, 5.41) is 14.5. The number of benzene rings is 1. The Kier molecular flexibility index (Phi) is 6.23. The number of carbonyl (C=O) groups excluding carboxylic acids is 1. The van der Waals surface area contributed by atoms with E-state index in [1.807, 2.05) is 24.3 Å². The molecule has 1 fully saturated rings. The summed E-state index contributed by atoms with van der Waals surface area (Å²) in [6.07, 6.45) is 3.83. The third kappa shape index (κ3) is 5.05. The van der Waals surface area contributed by atoms with Crippen LogP contribution in [-0.4, -0.2) is 36.6 Å². The second-order valence-electron chi connectivity index (χ2n) is 5.74.